The molecule has 2 aromatic heterocycles. The number of H-pyrrole nitrogens is 1. The Morgan fingerprint density at radius 3 is 2.80 bits per heavy atom. The Balaban J connectivity index is 2.08. The van der Waals surface area contributed by atoms with Crippen molar-refractivity contribution >= 4 is 5.69 Å². The molecule has 4 heteroatoms. The van der Waals surface area contributed by atoms with E-state index in [0.29, 0.717) is 0 Å². The highest BCUT2D eigenvalue weighted by Crippen LogP contribution is 2.16. The van der Waals surface area contributed by atoms with Crippen molar-refractivity contribution < 1.29 is 0 Å². The molecule has 15 heavy (non-hydrogen) atoms. The smallest absolute Gasteiger partial charge is 0.0825 e. The maximum Gasteiger partial charge on any atom is 0.0825 e. The van der Waals surface area contributed by atoms with E-state index in [1.54, 1.807) is 0 Å². The molecule has 0 aliphatic carbocycles. The second-order valence-corrected chi connectivity index (χ2v) is 3.77. The van der Waals surface area contributed by atoms with Crippen molar-refractivity contribution in [1.29, 1.82) is 0 Å². The zero-order valence-electron chi connectivity index (χ0n) is 9.33. The number of rotatable bonds is 3. The minimum absolute atomic E-state index is 0.824. The minimum Gasteiger partial charge on any atom is -0.376 e. The molecule has 2 heterocycles. The van der Waals surface area contributed by atoms with Crippen LogP contribution in [0.4, 0.5) is 5.69 Å². The molecular formula is C11H16N4. The summed E-state index contributed by atoms with van der Waals surface area (Å²) in [4.78, 5) is 0. The average Bonchev–Trinajstić information content (AvgIpc) is 2.73. The zero-order valence-corrected chi connectivity index (χ0v) is 9.33. The molecule has 0 saturated heterocycles. The first-order valence-electron chi connectivity index (χ1n) is 5.04. The Morgan fingerprint density at radius 1 is 1.47 bits per heavy atom. The van der Waals surface area contributed by atoms with Gasteiger partial charge in [0, 0.05) is 18.9 Å². The zero-order chi connectivity index (χ0) is 10.8. The molecule has 0 saturated carbocycles. The van der Waals surface area contributed by atoms with Crippen LogP contribution in [0.25, 0.3) is 0 Å². The summed E-state index contributed by atoms with van der Waals surface area (Å²) in [6, 6.07) is 4.16. The van der Waals surface area contributed by atoms with E-state index in [1.165, 1.54) is 5.69 Å². The summed E-state index contributed by atoms with van der Waals surface area (Å²) < 4.78 is 2.11. The van der Waals surface area contributed by atoms with Crippen molar-refractivity contribution in [1.82, 2.24) is 14.8 Å². The first-order chi connectivity index (χ1) is 7.18. The Hall–Kier alpha value is -1.71. The van der Waals surface area contributed by atoms with Gasteiger partial charge in [-0.1, -0.05) is 0 Å². The number of aromatic amines is 1. The molecule has 0 bridgehead atoms. The molecule has 0 amide bonds. The maximum atomic E-state index is 4.14. The van der Waals surface area contributed by atoms with E-state index >= 15 is 0 Å². The fourth-order valence-electron chi connectivity index (χ4n) is 1.67. The van der Waals surface area contributed by atoms with Crippen molar-refractivity contribution in [3.05, 3.63) is 35.4 Å². The third-order valence-electron chi connectivity index (χ3n) is 2.63. The quantitative estimate of drug-likeness (QED) is 0.803. The van der Waals surface area contributed by atoms with Crippen LogP contribution in [0, 0.1) is 13.8 Å². The second-order valence-electron chi connectivity index (χ2n) is 3.77. The number of anilines is 1. The first-order valence-corrected chi connectivity index (χ1v) is 5.04. The number of hydrogen-bond donors (Lipinski definition) is 2. The number of aryl methyl sites for hydroxylation is 3. The molecule has 0 aromatic carbocycles. The number of nitrogens with zero attached hydrogens (tertiary/aromatic N) is 2. The molecule has 0 radical (unpaired) electrons. The Morgan fingerprint density at radius 2 is 2.27 bits per heavy atom. The Labute approximate surface area is 89.3 Å². The van der Waals surface area contributed by atoms with E-state index in [1.807, 2.05) is 33.2 Å². The Bertz CT molecular complexity index is 433. The molecule has 2 N–H and O–H groups in total. The number of aromatic nitrogens is 3. The van der Waals surface area contributed by atoms with Gasteiger partial charge in [0.05, 0.1) is 23.6 Å². The number of hydrogen-bond acceptors (Lipinski definition) is 2. The van der Waals surface area contributed by atoms with Crippen LogP contribution in [0.1, 0.15) is 17.1 Å². The monoisotopic (exact) mass is 204 g/mol. The highest BCUT2D eigenvalue weighted by Gasteiger charge is 2.05. The molecule has 2 rings (SSSR count). The van der Waals surface area contributed by atoms with Gasteiger partial charge in [-0.2, -0.15) is 5.10 Å². The van der Waals surface area contributed by atoms with E-state index in [4.69, 9.17) is 0 Å². The lowest BCUT2D eigenvalue weighted by atomic mass is 10.3. The fraction of sp³-hybridized carbons (Fsp3) is 0.364. The second kappa shape index (κ2) is 3.81. The molecule has 0 aliphatic rings. The summed E-state index contributed by atoms with van der Waals surface area (Å²) in [5, 5.41) is 10.5. The summed E-state index contributed by atoms with van der Waals surface area (Å²) in [7, 11) is 2.05. The van der Waals surface area contributed by atoms with Crippen LogP contribution in [0.15, 0.2) is 18.3 Å². The van der Waals surface area contributed by atoms with E-state index in [0.717, 1.165) is 23.6 Å². The van der Waals surface area contributed by atoms with Gasteiger partial charge in [0.1, 0.15) is 0 Å². The lowest BCUT2D eigenvalue weighted by Gasteiger charge is -2.07. The van der Waals surface area contributed by atoms with Crippen molar-refractivity contribution in [2.45, 2.75) is 20.4 Å². The maximum absolute atomic E-state index is 4.14. The summed E-state index contributed by atoms with van der Waals surface area (Å²) in [5.41, 5.74) is 4.47. The van der Waals surface area contributed by atoms with Gasteiger partial charge in [0.25, 0.3) is 0 Å². The van der Waals surface area contributed by atoms with E-state index in [-0.39, 0.29) is 0 Å². The van der Waals surface area contributed by atoms with Crippen molar-refractivity contribution in [3.8, 4) is 0 Å². The molecule has 0 unspecified atom stereocenters. The van der Waals surface area contributed by atoms with Gasteiger partial charge in [0.15, 0.2) is 0 Å². The van der Waals surface area contributed by atoms with E-state index in [2.05, 4.69) is 26.1 Å². The van der Waals surface area contributed by atoms with Crippen molar-refractivity contribution in [3.63, 3.8) is 0 Å². The standard InChI is InChI=1S/C11H16N4/c1-8-11(9(2)14-13-8)12-7-10-5-4-6-15(10)3/h4-6,12H,7H2,1-3H3,(H,13,14). The fourth-order valence-corrected chi connectivity index (χ4v) is 1.67. The predicted octanol–water partition coefficient (Wildman–Crippen LogP) is 1.98. The summed E-state index contributed by atoms with van der Waals surface area (Å²) in [6.07, 6.45) is 2.05. The molecule has 0 spiro atoms. The van der Waals surface area contributed by atoms with Gasteiger partial charge in [-0.25, -0.2) is 0 Å². The van der Waals surface area contributed by atoms with Gasteiger partial charge >= 0.3 is 0 Å². The minimum atomic E-state index is 0.824. The van der Waals surface area contributed by atoms with Gasteiger partial charge in [-0.3, -0.25) is 5.10 Å². The molecule has 0 fully saturated rings. The molecule has 2 aromatic rings. The van der Waals surface area contributed by atoms with Crippen LogP contribution in [0.2, 0.25) is 0 Å². The SMILES string of the molecule is Cc1n[nH]c(C)c1NCc1cccn1C. The van der Waals surface area contributed by atoms with Crippen LogP contribution in [0.3, 0.4) is 0 Å². The summed E-state index contributed by atoms with van der Waals surface area (Å²) >= 11 is 0. The van der Waals surface area contributed by atoms with Gasteiger partial charge in [0.2, 0.25) is 0 Å². The lowest BCUT2D eigenvalue weighted by molar-refractivity contribution is 0.841. The van der Waals surface area contributed by atoms with Crippen LogP contribution in [-0.4, -0.2) is 14.8 Å². The third-order valence-corrected chi connectivity index (χ3v) is 2.63. The average molecular weight is 204 g/mol. The first kappa shape index (κ1) is 9.83. The topological polar surface area (TPSA) is 45.6 Å². The number of nitrogens with one attached hydrogen (secondary N) is 2. The molecule has 0 atom stereocenters. The third kappa shape index (κ3) is 1.88. The van der Waals surface area contributed by atoms with E-state index in [9.17, 15) is 0 Å². The Kier molecular flexibility index (Phi) is 2.49. The van der Waals surface area contributed by atoms with Crippen LogP contribution in [0.5, 0.6) is 0 Å². The normalized spacial score (nSPS) is 10.6. The molecule has 0 aliphatic heterocycles. The lowest BCUT2D eigenvalue weighted by Crippen LogP contribution is -2.05. The van der Waals surface area contributed by atoms with Crippen LogP contribution in [-0.2, 0) is 13.6 Å². The molecule has 4 nitrogen and oxygen atoms in total. The van der Waals surface area contributed by atoms with Crippen molar-refractivity contribution in [2.24, 2.45) is 7.05 Å². The van der Waals surface area contributed by atoms with Gasteiger partial charge < -0.3 is 9.88 Å². The highest BCUT2D eigenvalue weighted by atomic mass is 15.1. The molecular weight excluding hydrogens is 188 g/mol. The summed E-state index contributed by atoms with van der Waals surface area (Å²) in [5.74, 6) is 0. The van der Waals surface area contributed by atoms with Crippen LogP contribution >= 0.6 is 0 Å². The van der Waals surface area contributed by atoms with Crippen LogP contribution < -0.4 is 5.32 Å². The highest BCUT2D eigenvalue weighted by molar-refractivity contribution is 5.51. The van der Waals surface area contributed by atoms with E-state index < -0.39 is 0 Å². The summed E-state index contributed by atoms with van der Waals surface area (Å²) in [6.45, 7) is 4.84. The van der Waals surface area contributed by atoms with Crippen molar-refractivity contribution in [2.75, 3.05) is 5.32 Å². The van der Waals surface area contributed by atoms with Gasteiger partial charge in [-0.15, -0.1) is 0 Å². The predicted molar refractivity (Wildman–Crippen MR) is 60.8 cm³/mol. The molecule has 80 valence electrons. The largest absolute Gasteiger partial charge is 0.376 e. The van der Waals surface area contributed by atoms with Gasteiger partial charge in [-0.05, 0) is 26.0 Å².